The molecule has 7 heteroatoms. The average molecular weight is 357 g/mol. The van der Waals surface area contributed by atoms with Crippen LogP contribution in [-0.2, 0) is 7.05 Å². The van der Waals surface area contributed by atoms with Gasteiger partial charge in [-0.05, 0) is 24.6 Å². The van der Waals surface area contributed by atoms with Gasteiger partial charge in [0.1, 0.15) is 0 Å². The van der Waals surface area contributed by atoms with Gasteiger partial charge in [0, 0.05) is 38.0 Å². The van der Waals surface area contributed by atoms with Crippen LogP contribution in [0.2, 0.25) is 5.02 Å². The first-order valence-corrected chi connectivity index (χ1v) is 8.50. The SMILES string of the molecule is Cn1ccc(-c2noc(C3CCN(c4ccccc4Cl)C3)n2)cc1=O. The van der Waals surface area contributed by atoms with Gasteiger partial charge >= 0.3 is 0 Å². The van der Waals surface area contributed by atoms with Gasteiger partial charge in [-0.15, -0.1) is 0 Å². The minimum absolute atomic E-state index is 0.102. The monoisotopic (exact) mass is 356 g/mol. The minimum Gasteiger partial charge on any atom is -0.370 e. The molecule has 1 aliphatic heterocycles. The topological polar surface area (TPSA) is 64.2 Å². The normalized spacial score (nSPS) is 17.2. The third kappa shape index (κ3) is 3.05. The van der Waals surface area contributed by atoms with E-state index in [-0.39, 0.29) is 11.5 Å². The number of pyridine rings is 1. The Morgan fingerprint density at radius 1 is 1.28 bits per heavy atom. The predicted octanol–water partition coefficient (Wildman–Crippen LogP) is 3.08. The predicted molar refractivity (Wildman–Crippen MR) is 96.0 cm³/mol. The van der Waals surface area contributed by atoms with Gasteiger partial charge in [-0.2, -0.15) is 4.98 Å². The first kappa shape index (κ1) is 15.9. The quantitative estimate of drug-likeness (QED) is 0.721. The number of halogens is 1. The second-order valence-corrected chi connectivity index (χ2v) is 6.61. The molecular formula is C18H17ClN4O2. The molecule has 128 valence electrons. The molecular weight excluding hydrogens is 340 g/mol. The fraction of sp³-hybridized carbons (Fsp3) is 0.278. The summed E-state index contributed by atoms with van der Waals surface area (Å²) in [4.78, 5) is 18.5. The molecule has 1 saturated heterocycles. The van der Waals surface area contributed by atoms with Gasteiger partial charge in [-0.25, -0.2) is 0 Å². The molecule has 1 aliphatic rings. The van der Waals surface area contributed by atoms with Crippen LogP contribution in [-0.4, -0.2) is 27.8 Å². The Morgan fingerprint density at radius 3 is 2.92 bits per heavy atom. The number of aryl methyl sites for hydroxylation is 1. The zero-order valence-corrected chi connectivity index (χ0v) is 14.5. The summed E-state index contributed by atoms with van der Waals surface area (Å²) < 4.78 is 6.96. The molecule has 3 aromatic rings. The number of hydrogen-bond acceptors (Lipinski definition) is 5. The van der Waals surface area contributed by atoms with Gasteiger partial charge in [0.05, 0.1) is 16.6 Å². The van der Waals surface area contributed by atoms with E-state index in [2.05, 4.69) is 15.0 Å². The van der Waals surface area contributed by atoms with E-state index >= 15 is 0 Å². The van der Waals surface area contributed by atoms with E-state index in [1.54, 1.807) is 19.3 Å². The fourth-order valence-corrected chi connectivity index (χ4v) is 3.35. The molecule has 4 rings (SSSR count). The number of benzene rings is 1. The first-order chi connectivity index (χ1) is 12.1. The fourth-order valence-electron chi connectivity index (χ4n) is 3.09. The molecule has 1 atom stereocenters. The van der Waals surface area contributed by atoms with E-state index in [9.17, 15) is 4.79 Å². The molecule has 25 heavy (non-hydrogen) atoms. The Morgan fingerprint density at radius 2 is 2.12 bits per heavy atom. The van der Waals surface area contributed by atoms with Gasteiger partial charge in [0.2, 0.25) is 11.7 Å². The zero-order chi connectivity index (χ0) is 17.4. The van der Waals surface area contributed by atoms with Crippen LogP contribution in [0.25, 0.3) is 11.4 Å². The molecule has 3 heterocycles. The summed E-state index contributed by atoms with van der Waals surface area (Å²) in [6.45, 7) is 1.67. The highest BCUT2D eigenvalue weighted by Crippen LogP contribution is 2.34. The standard InChI is InChI=1S/C18H17ClN4O2/c1-22-8-6-12(10-16(22)24)17-20-18(25-21-17)13-7-9-23(11-13)15-5-3-2-4-14(15)19/h2-6,8,10,13H,7,9,11H2,1H3. The van der Waals surface area contributed by atoms with Crippen molar-refractivity contribution in [1.82, 2.24) is 14.7 Å². The second kappa shape index (κ2) is 6.37. The highest BCUT2D eigenvalue weighted by Gasteiger charge is 2.29. The van der Waals surface area contributed by atoms with Crippen molar-refractivity contribution < 1.29 is 4.52 Å². The smallest absolute Gasteiger partial charge is 0.250 e. The summed E-state index contributed by atoms with van der Waals surface area (Å²) in [5.41, 5.74) is 1.59. The van der Waals surface area contributed by atoms with Crippen LogP contribution in [0.1, 0.15) is 18.2 Å². The number of aromatic nitrogens is 3. The number of nitrogens with zero attached hydrogens (tertiary/aromatic N) is 4. The number of para-hydroxylation sites is 1. The van der Waals surface area contributed by atoms with Gasteiger partial charge < -0.3 is 14.0 Å². The Labute approximate surface area is 149 Å². The van der Waals surface area contributed by atoms with E-state index in [4.69, 9.17) is 16.1 Å². The van der Waals surface area contributed by atoms with Crippen molar-refractivity contribution >= 4 is 17.3 Å². The van der Waals surface area contributed by atoms with Crippen molar-refractivity contribution in [2.24, 2.45) is 7.05 Å². The third-order valence-corrected chi connectivity index (χ3v) is 4.85. The van der Waals surface area contributed by atoms with Crippen LogP contribution in [0.15, 0.2) is 51.9 Å². The molecule has 2 aromatic heterocycles. The van der Waals surface area contributed by atoms with Crippen LogP contribution >= 0.6 is 11.6 Å². The summed E-state index contributed by atoms with van der Waals surface area (Å²) in [6.07, 6.45) is 2.62. The van der Waals surface area contributed by atoms with Crippen LogP contribution in [0.4, 0.5) is 5.69 Å². The Balaban J connectivity index is 1.54. The van der Waals surface area contributed by atoms with Crippen LogP contribution < -0.4 is 10.5 Å². The third-order valence-electron chi connectivity index (χ3n) is 4.53. The maximum atomic E-state index is 11.8. The van der Waals surface area contributed by atoms with E-state index < -0.39 is 0 Å². The molecule has 0 saturated carbocycles. The lowest BCUT2D eigenvalue weighted by molar-refractivity contribution is 0.360. The summed E-state index contributed by atoms with van der Waals surface area (Å²) in [5, 5.41) is 4.78. The molecule has 6 nitrogen and oxygen atoms in total. The van der Waals surface area contributed by atoms with Crippen molar-refractivity contribution in [2.75, 3.05) is 18.0 Å². The van der Waals surface area contributed by atoms with Gasteiger partial charge in [-0.3, -0.25) is 4.79 Å². The van der Waals surface area contributed by atoms with Gasteiger partial charge in [0.25, 0.3) is 5.56 Å². The zero-order valence-electron chi connectivity index (χ0n) is 13.7. The first-order valence-electron chi connectivity index (χ1n) is 8.12. The summed E-state index contributed by atoms with van der Waals surface area (Å²) in [5.74, 6) is 1.21. The van der Waals surface area contributed by atoms with Crippen molar-refractivity contribution in [3.8, 4) is 11.4 Å². The largest absolute Gasteiger partial charge is 0.370 e. The maximum Gasteiger partial charge on any atom is 0.250 e. The highest BCUT2D eigenvalue weighted by atomic mass is 35.5. The van der Waals surface area contributed by atoms with Crippen molar-refractivity contribution in [3.63, 3.8) is 0 Å². The van der Waals surface area contributed by atoms with E-state index in [1.165, 1.54) is 10.6 Å². The lowest BCUT2D eigenvalue weighted by Gasteiger charge is -2.19. The van der Waals surface area contributed by atoms with E-state index in [0.29, 0.717) is 17.3 Å². The van der Waals surface area contributed by atoms with Crippen LogP contribution in [0, 0.1) is 0 Å². The summed E-state index contributed by atoms with van der Waals surface area (Å²) >= 11 is 6.29. The Bertz CT molecular complexity index is 965. The molecule has 0 spiro atoms. The van der Waals surface area contributed by atoms with Crippen LogP contribution in [0.3, 0.4) is 0 Å². The van der Waals surface area contributed by atoms with Crippen molar-refractivity contribution in [2.45, 2.75) is 12.3 Å². The lowest BCUT2D eigenvalue weighted by Crippen LogP contribution is -2.19. The summed E-state index contributed by atoms with van der Waals surface area (Å²) in [7, 11) is 1.70. The molecule has 0 amide bonds. The molecule has 0 aliphatic carbocycles. The lowest BCUT2D eigenvalue weighted by atomic mass is 10.1. The molecule has 0 N–H and O–H groups in total. The number of rotatable bonds is 3. The number of anilines is 1. The van der Waals surface area contributed by atoms with Crippen LogP contribution in [0.5, 0.6) is 0 Å². The van der Waals surface area contributed by atoms with Crippen molar-refractivity contribution in [1.29, 1.82) is 0 Å². The summed E-state index contributed by atoms with van der Waals surface area (Å²) in [6, 6.07) is 11.1. The molecule has 0 radical (unpaired) electrons. The highest BCUT2D eigenvalue weighted by molar-refractivity contribution is 6.33. The molecule has 1 fully saturated rings. The average Bonchev–Trinajstić information content (AvgIpc) is 3.27. The Hall–Kier alpha value is -2.60. The number of hydrogen-bond donors (Lipinski definition) is 0. The molecule has 1 unspecified atom stereocenters. The van der Waals surface area contributed by atoms with Gasteiger partial charge in [0.15, 0.2) is 0 Å². The van der Waals surface area contributed by atoms with Gasteiger partial charge in [-0.1, -0.05) is 28.9 Å². The Kier molecular flexibility index (Phi) is 4.05. The van der Waals surface area contributed by atoms with E-state index in [1.807, 2.05) is 24.3 Å². The van der Waals surface area contributed by atoms with Crippen molar-refractivity contribution in [3.05, 3.63) is 63.9 Å². The molecule has 0 bridgehead atoms. The maximum absolute atomic E-state index is 11.8. The van der Waals surface area contributed by atoms with E-state index in [0.717, 1.165) is 30.2 Å². The molecule has 1 aromatic carbocycles. The second-order valence-electron chi connectivity index (χ2n) is 6.20. The minimum atomic E-state index is -0.102.